The van der Waals surface area contributed by atoms with Gasteiger partial charge in [-0.05, 0) is 36.4 Å². The summed E-state index contributed by atoms with van der Waals surface area (Å²) in [5, 5.41) is 3.49. The summed E-state index contributed by atoms with van der Waals surface area (Å²) in [6, 6.07) is 11.8. The Kier molecular flexibility index (Phi) is 2.15. The first-order valence-electron chi connectivity index (χ1n) is 8.58. The molecule has 128 valence electrons. The fourth-order valence-electron chi connectivity index (χ4n) is 4.00. The predicted octanol–water partition coefficient (Wildman–Crippen LogP) is 2.59. The summed E-state index contributed by atoms with van der Waals surface area (Å²) in [5.41, 5.74) is 4.18. The van der Waals surface area contributed by atoms with E-state index in [1.54, 1.807) is 18.6 Å². The molecule has 7 rings (SSSR count). The molecule has 2 aliphatic heterocycles. The van der Waals surface area contributed by atoms with Gasteiger partial charge < -0.3 is 5.32 Å². The van der Waals surface area contributed by atoms with Crippen molar-refractivity contribution in [3.8, 4) is 5.95 Å². The SMILES string of the molecule is c1cnc2c(c1)N1c3nc4ncccc4n3-c3nc4ncccc4n3C1N2. The summed E-state index contributed by atoms with van der Waals surface area (Å²) in [7, 11) is 0. The number of imidazole rings is 2. The molecule has 0 fully saturated rings. The molecule has 0 spiro atoms. The zero-order valence-electron chi connectivity index (χ0n) is 13.9. The maximum atomic E-state index is 4.80. The van der Waals surface area contributed by atoms with Crippen molar-refractivity contribution in [1.29, 1.82) is 0 Å². The van der Waals surface area contributed by atoms with Crippen LogP contribution < -0.4 is 10.2 Å². The highest BCUT2D eigenvalue weighted by molar-refractivity contribution is 5.87. The van der Waals surface area contributed by atoms with E-state index in [0.29, 0.717) is 11.3 Å². The van der Waals surface area contributed by atoms with Crippen molar-refractivity contribution in [1.82, 2.24) is 34.1 Å². The molecule has 0 aliphatic carbocycles. The van der Waals surface area contributed by atoms with E-state index in [-0.39, 0.29) is 6.29 Å². The first-order valence-corrected chi connectivity index (χ1v) is 8.58. The molecule has 1 unspecified atom stereocenters. The molecular formula is C18H11N9. The second-order valence-electron chi connectivity index (χ2n) is 6.48. The molecule has 5 aromatic heterocycles. The summed E-state index contributed by atoms with van der Waals surface area (Å²) in [6.07, 6.45) is 5.07. The van der Waals surface area contributed by atoms with Crippen LogP contribution in [0.3, 0.4) is 0 Å². The maximum absolute atomic E-state index is 4.80. The van der Waals surface area contributed by atoms with Gasteiger partial charge >= 0.3 is 0 Å². The Bertz CT molecular complexity index is 1380. The van der Waals surface area contributed by atoms with Gasteiger partial charge in [0.15, 0.2) is 23.4 Å². The van der Waals surface area contributed by atoms with Crippen molar-refractivity contribution in [2.45, 2.75) is 6.29 Å². The summed E-state index contributed by atoms with van der Waals surface area (Å²) in [4.78, 5) is 25.1. The van der Waals surface area contributed by atoms with E-state index in [9.17, 15) is 0 Å². The van der Waals surface area contributed by atoms with Gasteiger partial charge in [0.05, 0.1) is 16.7 Å². The molecule has 9 nitrogen and oxygen atoms in total. The Morgan fingerprint density at radius 3 is 2.37 bits per heavy atom. The van der Waals surface area contributed by atoms with E-state index >= 15 is 0 Å². The number of hydrogen-bond acceptors (Lipinski definition) is 7. The lowest BCUT2D eigenvalue weighted by molar-refractivity contribution is 0.551. The van der Waals surface area contributed by atoms with Crippen LogP contribution in [0.25, 0.3) is 28.3 Å². The first kappa shape index (κ1) is 13.2. The normalized spacial score (nSPS) is 16.7. The number of anilines is 3. The van der Waals surface area contributed by atoms with Crippen LogP contribution in [0.2, 0.25) is 0 Å². The third kappa shape index (κ3) is 1.48. The standard InChI is InChI=1S/C18H11N9/c1-4-10-13(19-7-1)22-16-25(10)17-23-14-11(5-2-8-20-14)27(17)18-24-15-12(26(16)18)6-3-9-21-15/h1-9,16H,(H,19,22). The third-order valence-electron chi connectivity index (χ3n) is 5.08. The van der Waals surface area contributed by atoms with Crippen LogP contribution in [0.5, 0.6) is 0 Å². The Morgan fingerprint density at radius 2 is 1.48 bits per heavy atom. The van der Waals surface area contributed by atoms with Crippen molar-refractivity contribution in [3.05, 3.63) is 55.0 Å². The fraction of sp³-hybridized carbons (Fsp3) is 0.0556. The van der Waals surface area contributed by atoms with E-state index < -0.39 is 0 Å². The van der Waals surface area contributed by atoms with Gasteiger partial charge in [0.2, 0.25) is 11.9 Å². The lowest BCUT2D eigenvalue weighted by atomic mass is 10.3. The summed E-state index contributed by atoms with van der Waals surface area (Å²) < 4.78 is 4.16. The van der Waals surface area contributed by atoms with Gasteiger partial charge in [0, 0.05) is 18.6 Å². The molecule has 5 aromatic rings. The van der Waals surface area contributed by atoms with E-state index in [4.69, 9.17) is 9.97 Å². The van der Waals surface area contributed by atoms with Gasteiger partial charge in [0.25, 0.3) is 0 Å². The van der Waals surface area contributed by atoms with Gasteiger partial charge in [-0.25, -0.2) is 19.5 Å². The zero-order valence-corrected chi connectivity index (χ0v) is 13.9. The average Bonchev–Trinajstić information content (AvgIpc) is 3.38. The van der Waals surface area contributed by atoms with Crippen LogP contribution in [0.1, 0.15) is 6.29 Å². The number of nitrogens with zero attached hydrogens (tertiary/aromatic N) is 8. The Morgan fingerprint density at radius 1 is 0.778 bits per heavy atom. The summed E-state index contributed by atoms with van der Waals surface area (Å²) >= 11 is 0. The largest absolute Gasteiger partial charge is 0.330 e. The molecule has 0 aromatic carbocycles. The Balaban J connectivity index is 1.67. The molecule has 7 heterocycles. The minimum atomic E-state index is -0.219. The third-order valence-corrected chi connectivity index (χ3v) is 5.08. The molecule has 2 aliphatic rings. The van der Waals surface area contributed by atoms with Crippen molar-refractivity contribution in [3.63, 3.8) is 0 Å². The fourth-order valence-corrected chi connectivity index (χ4v) is 4.00. The van der Waals surface area contributed by atoms with Gasteiger partial charge in [-0.1, -0.05) is 0 Å². The highest BCUT2D eigenvalue weighted by atomic mass is 15.6. The van der Waals surface area contributed by atoms with Gasteiger partial charge in [0.1, 0.15) is 0 Å². The number of pyridine rings is 3. The highest BCUT2D eigenvalue weighted by Gasteiger charge is 2.42. The maximum Gasteiger partial charge on any atom is 0.223 e. The lowest BCUT2D eigenvalue weighted by Gasteiger charge is -2.32. The Labute approximate surface area is 152 Å². The first-order chi connectivity index (χ1) is 13.4. The molecule has 0 radical (unpaired) electrons. The van der Waals surface area contributed by atoms with Crippen molar-refractivity contribution in [2.24, 2.45) is 0 Å². The van der Waals surface area contributed by atoms with E-state index in [1.807, 2.05) is 41.0 Å². The van der Waals surface area contributed by atoms with E-state index in [0.717, 1.165) is 34.4 Å². The van der Waals surface area contributed by atoms with Gasteiger partial charge in [-0.2, -0.15) is 9.97 Å². The van der Waals surface area contributed by atoms with Crippen molar-refractivity contribution >= 4 is 39.8 Å². The predicted molar refractivity (Wildman–Crippen MR) is 99.0 cm³/mol. The number of aromatic nitrogens is 7. The molecule has 0 bridgehead atoms. The van der Waals surface area contributed by atoms with Crippen LogP contribution in [-0.2, 0) is 0 Å². The lowest BCUT2D eigenvalue weighted by Crippen LogP contribution is -2.36. The van der Waals surface area contributed by atoms with E-state index in [2.05, 4.69) is 29.7 Å². The molecule has 27 heavy (non-hydrogen) atoms. The number of rotatable bonds is 0. The number of fused-ring (bicyclic) bond motifs is 12. The molecule has 1 atom stereocenters. The molecule has 9 heteroatoms. The van der Waals surface area contributed by atoms with Gasteiger partial charge in [-0.15, -0.1) is 0 Å². The second kappa shape index (κ2) is 4.39. The Hall–Kier alpha value is -4.01. The highest BCUT2D eigenvalue weighted by Crippen LogP contribution is 2.48. The van der Waals surface area contributed by atoms with Crippen LogP contribution in [0.15, 0.2) is 55.0 Å². The van der Waals surface area contributed by atoms with E-state index in [1.165, 1.54) is 0 Å². The zero-order chi connectivity index (χ0) is 17.5. The van der Waals surface area contributed by atoms with Crippen LogP contribution >= 0.6 is 0 Å². The second-order valence-corrected chi connectivity index (χ2v) is 6.48. The molecule has 0 saturated carbocycles. The average molecular weight is 353 g/mol. The molecule has 0 amide bonds. The minimum Gasteiger partial charge on any atom is -0.330 e. The summed E-state index contributed by atoms with van der Waals surface area (Å²) in [6.45, 7) is 0. The molecular weight excluding hydrogens is 342 g/mol. The molecule has 0 saturated heterocycles. The minimum absolute atomic E-state index is 0.219. The quantitative estimate of drug-likeness (QED) is 0.458. The van der Waals surface area contributed by atoms with Crippen molar-refractivity contribution < 1.29 is 0 Å². The molecule has 1 N–H and O–H groups in total. The smallest absolute Gasteiger partial charge is 0.223 e. The van der Waals surface area contributed by atoms with Crippen LogP contribution in [0, 0.1) is 0 Å². The van der Waals surface area contributed by atoms with Crippen LogP contribution in [0.4, 0.5) is 17.5 Å². The van der Waals surface area contributed by atoms with Crippen molar-refractivity contribution in [2.75, 3.05) is 10.2 Å². The monoisotopic (exact) mass is 353 g/mol. The number of nitrogens with one attached hydrogen (secondary N) is 1. The summed E-state index contributed by atoms with van der Waals surface area (Å²) in [5.74, 6) is 2.33. The number of hydrogen-bond donors (Lipinski definition) is 1. The van der Waals surface area contributed by atoms with Crippen LogP contribution in [-0.4, -0.2) is 34.1 Å². The van der Waals surface area contributed by atoms with Gasteiger partial charge in [-0.3, -0.25) is 9.47 Å². The topological polar surface area (TPSA) is 89.6 Å².